The molecule has 0 radical (unpaired) electrons. The van der Waals surface area contributed by atoms with Crippen molar-refractivity contribution in [2.24, 2.45) is 0 Å². The minimum atomic E-state index is 0.746. The zero-order valence-corrected chi connectivity index (χ0v) is 13.2. The van der Waals surface area contributed by atoms with E-state index in [4.69, 9.17) is 9.15 Å². The molecule has 0 bridgehead atoms. The Kier molecular flexibility index (Phi) is 6.03. The van der Waals surface area contributed by atoms with Crippen molar-refractivity contribution in [1.29, 1.82) is 0 Å². The molecule has 0 amide bonds. The molecule has 19 heavy (non-hydrogen) atoms. The Balaban J connectivity index is 1.75. The van der Waals surface area contributed by atoms with E-state index < -0.39 is 0 Å². The van der Waals surface area contributed by atoms with Crippen LogP contribution in [0.1, 0.15) is 12.3 Å². The fraction of sp³-hybridized carbons (Fsp3) is 0.462. The highest BCUT2D eigenvalue weighted by molar-refractivity contribution is 9.11. The van der Waals surface area contributed by atoms with E-state index in [-0.39, 0.29) is 0 Å². The van der Waals surface area contributed by atoms with Crippen molar-refractivity contribution in [2.45, 2.75) is 12.8 Å². The summed E-state index contributed by atoms with van der Waals surface area (Å²) in [6, 6.07) is 4.05. The molecule has 0 spiro atoms. The number of rotatable bonds is 8. The van der Waals surface area contributed by atoms with Crippen LogP contribution in [0.3, 0.4) is 0 Å². The SMILES string of the molecule is COCCNCCCc1ncc(-c2ccc(Br)s2)o1. The molecule has 2 heterocycles. The smallest absolute Gasteiger partial charge is 0.194 e. The molecule has 0 aromatic carbocycles. The predicted octanol–water partition coefficient (Wildman–Crippen LogP) is 3.33. The third kappa shape index (κ3) is 4.72. The lowest BCUT2D eigenvalue weighted by Gasteiger charge is -2.01. The molecule has 4 nitrogen and oxygen atoms in total. The van der Waals surface area contributed by atoms with Crippen LogP contribution in [0.25, 0.3) is 10.6 Å². The first-order chi connectivity index (χ1) is 9.29. The first kappa shape index (κ1) is 14.7. The molecular weight excluding hydrogens is 328 g/mol. The van der Waals surface area contributed by atoms with Gasteiger partial charge in [-0.2, -0.15) is 0 Å². The summed E-state index contributed by atoms with van der Waals surface area (Å²) < 4.78 is 11.8. The topological polar surface area (TPSA) is 47.3 Å². The summed E-state index contributed by atoms with van der Waals surface area (Å²) in [6.45, 7) is 2.58. The number of nitrogens with one attached hydrogen (secondary N) is 1. The second-order valence-electron chi connectivity index (χ2n) is 4.07. The van der Waals surface area contributed by atoms with Gasteiger partial charge in [0, 0.05) is 20.1 Å². The van der Waals surface area contributed by atoms with E-state index in [1.807, 2.05) is 12.1 Å². The van der Waals surface area contributed by atoms with Crippen LogP contribution >= 0.6 is 27.3 Å². The molecule has 2 rings (SSSR count). The number of nitrogens with zero attached hydrogens (tertiary/aromatic N) is 1. The van der Waals surface area contributed by atoms with E-state index in [9.17, 15) is 0 Å². The highest BCUT2D eigenvalue weighted by atomic mass is 79.9. The maximum atomic E-state index is 5.74. The number of aromatic nitrogens is 1. The Bertz CT molecular complexity index is 498. The van der Waals surface area contributed by atoms with E-state index in [1.165, 1.54) is 0 Å². The summed E-state index contributed by atoms with van der Waals surface area (Å²) in [7, 11) is 1.71. The van der Waals surface area contributed by atoms with Gasteiger partial charge in [-0.3, -0.25) is 0 Å². The molecule has 0 unspecified atom stereocenters. The van der Waals surface area contributed by atoms with Gasteiger partial charge < -0.3 is 14.5 Å². The summed E-state index contributed by atoms with van der Waals surface area (Å²) in [4.78, 5) is 5.41. The predicted molar refractivity (Wildman–Crippen MR) is 80.6 cm³/mol. The number of oxazole rings is 1. The molecule has 0 saturated heterocycles. The lowest BCUT2D eigenvalue weighted by molar-refractivity contribution is 0.199. The Hall–Kier alpha value is -0.690. The van der Waals surface area contributed by atoms with Gasteiger partial charge in [0.2, 0.25) is 0 Å². The summed E-state index contributed by atoms with van der Waals surface area (Å²) in [5, 5.41) is 3.30. The van der Waals surface area contributed by atoms with Crippen LogP contribution < -0.4 is 5.32 Å². The minimum Gasteiger partial charge on any atom is -0.440 e. The lowest BCUT2D eigenvalue weighted by Crippen LogP contribution is -2.20. The lowest BCUT2D eigenvalue weighted by atomic mass is 10.3. The highest BCUT2D eigenvalue weighted by Gasteiger charge is 2.08. The zero-order chi connectivity index (χ0) is 13.5. The van der Waals surface area contributed by atoms with Gasteiger partial charge in [0.15, 0.2) is 11.7 Å². The van der Waals surface area contributed by atoms with Gasteiger partial charge >= 0.3 is 0 Å². The molecule has 0 aliphatic carbocycles. The number of hydrogen-bond acceptors (Lipinski definition) is 5. The van der Waals surface area contributed by atoms with E-state index in [2.05, 4.69) is 26.2 Å². The third-order valence-corrected chi connectivity index (χ3v) is 4.23. The van der Waals surface area contributed by atoms with Crippen LogP contribution in [0.15, 0.2) is 26.5 Å². The molecule has 0 fully saturated rings. The van der Waals surface area contributed by atoms with Gasteiger partial charge in [-0.05, 0) is 41.0 Å². The molecule has 0 aliphatic heterocycles. The van der Waals surface area contributed by atoms with Gasteiger partial charge in [-0.15, -0.1) is 11.3 Å². The third-order valence-electron chi connectivity index (χ3n) is 2.60. The van der Waals surface area contributed by atoms with Crippen molar-refractivity contribution in [1.82, 2.24) is 10.3 Å². The number of hydrogen-bond donors (Lipinski definition) is 1. The second-order valence-corrected chi connectivity index (χ2v) is 6.53. The average Bonchev–Trinajstić information content (AvgIpc) is 3.02. The number of methoxy groups -OCH3 is 1. The van der Waals surface area contributed by atoms with Gasteiger partial charge in [-0.25, -0.2) is 4.98 Å². The number of aryl methyl sites for hydroxylation is 1. The van der Waals surface area contributed by atoms with E-state index in [1.54, 1.807) is 24.6 Å². The average molecular weight is 345 g/mol. The Morgan fingerprint density at radius 1 is 1.42 bits per heavy atom. The Morgan fingerprint density at radius 3 is 3.05 bits per heavy atom. The van der Waals surface area contributed by atoms with Crippen LogP contribution in [-0.4, -0.2) is 31.8 Å². The van der Waals surface area contributed by atoms with Crippen molar-refractivity contribution in [3.63, 3.8) is 0 Å². The normalized spacial score (nSPS) is 11.1. The monoisotopic (exact) mass is 344 g/mol. The standard InChI is InChI=1S/C13H17BrN2O2S/c1-17-8-7-15-6-2-3-13-16-9-10(18-13)11-4-5-12(14)19-11/h4-5,9,15H,2-3,6-8H2,1H3. The number of ether oxygens (including phenoxy) is 1. The Labute approximate surface area is 125 Å². The van der Waals surface area contributed by atoms with Crippen LogP contribution in [-0.2, 0) is 11.2 Å². The molecule has 0 aliphatic rings. The Morgan fingerprint density at radius 2 is 2.32 bits per heavy atom. The zero-order valence-electron chi connectivity index (χ0n) is 10.8. The van der Waals surface area contributed by atoms with Gasteiger partial charge in [0.1, 0.15) is 0 Å². The fourth-order valence-electron chi connectivity index (χ4n) is 1.65. The van der Waals surface area contributed by atoms with Gasteiger partial charge in [0.25, 0.3) is 0 Å². The number of halogens is 1. The first-order valence-corrected chi connectivity index (χ1v) is 7.80. The fourth-order valence-corrected chi connectivity index (χ4v) is 2.98. The van der Waals surface area contributed by atoms with Crippen molar-refractivity contribution in [2.75, 3.05) is 26.8 Å². The first-order valence-electron chi connectivity index (χ1n) is 6.19. The molecule has 2 aromatic rings. The summed E-state index contributed by atoms with van der Waals surface area (Å²) in [5.41, 5.74) is 0. The van der Waals surface area contributed by atoms with Crippen molar-refractivity contribution < 1.29 is 9.15 Å². The van der Waals surface area contributed by atoms with Crippen molar-refractivity contribution >= 4 is 27.3 Å². The largest absolute Gasteiger partial charge is 0.440 e. The molecule has 104 valence electrons. The van der Waals surface area contributed by atoms with Crippen LogP contribution in [0.5, 0.6) is 0 Å². The van der Waals surface area contributed by atoms with Crippen LogP contribution in [0, 0.1) is 0 Å². The molecular formula is C13H17BrN2O2S. The maximum Gasteiger partial charge on any atom is 0.194 e. The van der Waals surface area contributed by atoms with Crippen LogP contribution in [0.2, 0.25) is 0 Å². The maximum absolute atomic E-state index is 5.74. The van der Waals surface area contributed by atoms with Gasteiger partial charge in [0.05, 0.1) is 21.5 Å². The molecule has 0 saturated carbocycles. The van der Waals surface area contributed by atoms with Crippen LogP contribution in [0.4, 0.5) is 0 Å². The summed E-state index contributed by atoms with van der Waals surface area (Å²) >= 11 is 5.09. The molecule has 6 heteroatoms. The molecule has 2 aromatic heterocycles. The molecule has 1 N–H and O–H groups in total. The van der Waals surface area contributed by atoms with E-state index in [0.717, 1.165) is 52.9 Å². The quantitative estimate of drug-likeness (QED) is 0.746. The molecule has 0 atom stereocenters. The number of thiophene rings is 1. The summed E-state index contributed by atoms with van der Waals surface area (Å²) in [6.07, 6.45) is 3.66. The summed E-state index contributed by atoms with van der Waals surface area (Å²) in [5.74, 6) is 1.64. The second kappa shape index (κ2) is 7.79. The van der Waals surface area contributed by atoms with Gasteiger partial charge in [-0.1, -0.05) is 0 Å². The van der Waals surface area contributed by atoms with Crippen molar-refractivity contribution in [3.05, 3.63) is 28.0 Å². The highest BCUT2D eigenvalue weighted by Crippen LogP contribution is 2.31. The van der Waals surface area contributed by atoms with E-state index >= 15 is 0 Å². The van der Waals surface area contributed by atoms with Crippen molar-refractivity contribution in [3.8, 4) is 10.6 Å². The minimum absolute atomic E-state index is 0.746. The van der Waals surface area contributed by atoms with E-state index in [0.29, 0.717) is 0 Å².